The fraction of sp³-hybridized carbons (Fsp3) is 0.692. The third kappa shape index (κ3) is 3.49. The second-order valence-corrected chi connectivity index (χ2v) is 5.22. The van der Waals surface area contributed by atoms with Gasteiger partial charge in [-0.2, -0.15) is 5.10 Å². The molecule has 0 aromatic carbocycles. The summed E-state index contributed by atoms with van der Waals surface area (Å²) >= 11 is 0. The largest absolute Gasteiger partial charge is 0.395 e. The molecule has 0 radical (unpaired) electrons. The van der Waals surface area contributed by atoms with Gasteiger partial charge in [-0.15, -0.1) is 0 Å². The number of carbonyl (C=O) groups is 1. The van der Waals surface area contributed by atoms with Crippen molar-refractivity contribution < 1.29 is 4.79 Å². The van der Waals surface area contributed by atoms with Crippen LogP contribution in [0.4, 0.5) is 5.69 Å². The van der Waals surface area contributed by atoms with Gasteiger partial charge in [-0.05, 0) is 13.5 Å². The SMILES string of the molecule is CCc1[nH]nc(C(=O)NCCN2CCN(C)CC2)c1N. The minimum Gasteiger partial charge on any atom is -0.395 e. The molecule has 1 aliphatic heterocycles. The molecule has 0 spiro atoms. The first-order valence-electron chi connectivity index (χ1n) is 7.13. The second-order valence-electron chi connectivity index (χ2n) is 5.22. The zero-order valence-corrected chi connectivity index (χ0v) is 12.3. The number of nitrogens with two attached hydrogens (primary N) is 1. The molecule has 0 aliphatic carbocycles. The number of amides is 1. The zero-order valence-electron chi connectivity index (χ0n) is 12.3. The average Bonchev–Trinajstić information content (AvgIpc) is 2.82. The van der Waals surface area contributed by atoms with Gasteiger partial charge in [-0.25, -0.2) is 0 Å². The van der Waals surface area contributed by atoms with E-state index in [0.717, 1.165) is 44.8 Å². The van der Waals surface area contributed by atoms with Crippen LogP contribution in [0.3, 0.4) is 0 Å². The summed E-state index contributed by atoms with van der Waals surface area (Å²) in [5.41, 5.74) is 7.46. The number of piperazine rings is 1. The first kappa shape index (κ1) is 14.8. The predicted octanol–water partition coefficient (Wildman–Crippen LogP) is -0.468. The van der Waals surface area contributed by atoms with Crippen LogP contribution in [0.2, 0.25) is 0 Å². The van der Waals surface area contributed by atoms with Crippen LogP contribution in [-0.2, 0) is 6.42 Å². The van der Waals surface area contributed by atoms with Crippen molar-refractivity contribution in [2.24, 2.45) is 0 Å². The maximum absolute atomic E-state index is 12.0. The number of aryl methyl sites for hydroxylation is 1. The standard InChI is InChI=1S/C13H24N6O/c1-3-10-11(14)12(17-16-10)13(20)15-4-5-19-8-6-18(2)7-9-19/h3-9,14H2,1-2H3,(H,15,20)(H,16,17). The Morgan fingerprint density at radius 3 is 2.70 bits per heavy atom. The van der Waals surface area contributed by atoms with Gasteiger partial charge in [0.2, 0.25) is 0 Å². The Hall–Kier alpha value is -1.60. The Kier molecular flexibility index (Phi) is 4.97. The van der Waals surface area contributed by atoms with Crippen molar-refractivity contribution >= 4 is 11.6 Å². The third-order valence-corrected chi connectivity index (χ3v) is 3.76. The number of nitrogen functional groups attached to an aromatic ring is 1. The molecular weight excluding hydrogens is 256 g/mol. The number of nitrogens with zero attached hydrogens (tertiary/aromatic N) is 3. The summed E-state index contributed by atoms with van der Waals surface area (Å²) in [5, 5.41) is 9.66. The van der Waals surface area contributed by atoms with Gasteiger partial charge < -0.3 is 16.0 Å². The topological polar surface area (TPSA) is 90.3 Å². The van der Waals surface area contributed by atoms with Gasteiger partial charge in [0.25, 0.3) is 5.91 Å². The molecule has 0 bridgehead atoms. The lowest BCUT2D eigenvalue weighted by molar-refractivity contribution is 0.0937. The van der Waals surface area contributed by atoms with Crippen LogP contribution < -0.4 is 11.1 Å². The van der Waals surface area contributed by atoms with E-state index >= 15 is 0 Å². The van der Waals surface area contributed by atoms with Crippen LogP contribution >= 0.6 is 0 Å². The van der Waals surface area contributed by atoms with Gasteiger partial charge in [0, 0.05) is 39.3 Å². The highest BCUT2D eigenvalue weighted by atomic mass is 16.1. The van der Waals surface area contributed by atoms with E-state index in [1.165, 1.54) is 0 Å². The molecule has 2 rings (SSSR count). The van der Waals surface area contributed by atoms with E-state index in [4.69, 9.17) is 5.73 Å². The summed E-state index contributed by atoms with van der Waals surface area (Å²) in [6.45, 7) is 7.73. The highest BCUT2D eigenvalue weighted by molar-refractivity contribution is 5.97. The number of nitrogens with one attached hydrogen (secondary N) is 2. The monoisotopic (exact) mass is 280 g/mol. The second kappa shape index (κ2) is 6.71. The number of likely N-dealkylation sites (N-methyl/N-ethyl adjacent to an activating group) is 1. The van der Waals surface area contributed by atoms with E-state index in [0.29, 0.717) is 17.9 Å². The third-order valence-electron chi connectivity index (χ3n) is 3.76. The van der Waals surface area contributed by atoms with Crippen LogP contribution in [0.1, 0.15) is 23.1 Å². The molecule has 7 heteroatoms. The number of aromatic amines is 1. The van der Waals surface area contributed by atoms with Gasteiger partial charge in [-0.3, -0.25) is 14.8 Å². The molecule has 1 aromatic rings. The molecular formula is C13H24N6O. The first-order valence-corrected chi connectivity index (χ1v) is 7.13. The molecule has 1 amide bonds. The number of rotatable bonds is 5. The van der Waals surface area contributed by atoms with Crippen molar-refractivity contribution in [3.63, 3.8) is 0 Å². The Balaban J connectivity index is 1.76. The number of H-pyrrole nitrogens is 1. The summed E-state index contributed by atoms with van der Waals surface area (Å²) in [5.74, 6) is -0.201. The highest BCUT2D eigenvalue weighted by Crippen LogP contribution is 2.13. The fourth-order valence-electron chi connectivity index (χ4n) is 2.31. The Morgan fingerprint density at radius 2 is 2.10 bits per heavy atom. The number of hydrogen-bond acceptors (Lipinski definition) is 5. The van der Waals surface area contributed by atoms with Gasteiger partial charge in [0.1, 0.15) is 0 Å². The van der Waals surface area contributed by atoms with Crippen molar-refractivity contribution in [2.75, 3.05) is 52.0 Å². The molecule has 0 unspecified atom stereocenters. The Bertz CT molecular complexity index is 450. The Morgan fingerprint density at radius 1 is 1.40 bits per heavy atom. The molecule has 112 valence electrons. The molecule has 20 heavy (non-hydrogen) atoms. The number of aromatic nitrogens is 2. The number of carbonyl (C=O) groups excluding carboxylic acids is 1. The number of anilines is 1. The van der Waals surface area contributed by atoms with Gasteiger partial charge in [0.15, 0.2) is 5.69 Å². The zero-order chi connectivity index (χ0) is 14.5. The Labute approximate surface area is 119 Å². The van der Waals surface area contributed by atoms with Gasteiger partial charge in [-0.1, -0.05) is 6.92 Å². The molecule has 2 heterocycles. The van der Waals surface area contributed by atoms with Crippen LogP contribution in [0, 0.1) is 0 Å². The van der Waals surface area contributed by atoms with Crippen LogP contribution in [0.5, 0.6) is 0 Å². The molecule has 0 saturated carbocycles. The smallest absolute Gasteiger partial charge is 0.273 e. The molecule has 7 nitrogen and oxygen atoms in total. The quantitative estimate of drug-likeness (QED) is 0.678. The van der Waals surface area contributed by atoms with E-state index in [2.05, 4.69) is 32.4 Å². The van der Waals surface area contributed by atoms with E-state index < -0.39 is 0 Å². The lowest BCUT2D eigenvalue weighted by Gasteiger charge is -2.32. The lowest BCUT2D eigenvalue weighted by Crippen LogP contribution is -2.46. The van der Waals surface area contributed by atoms with E-state index in [-0.39, 0.29) is 5.91 Å². The summed E-state index contributed by atoms with van der Waals surface area (Å²) in [4.78, 5) is 16.7. The average molecular weight is 280 g/mol. The van der Waals surface area contributed by atoms with Crippen molar-refractivity contribution in [2.45, 2.75) is 13.3 Å². The molecule has 4 N–H and O–H groups in total. The summed E-state index contributed by atoms with van der Waals surface area (Å²) < 4.78 is 0. The van der Waals surface area contributed by atoms with Gasteiger partial charge in [0.05, 0.1) is 11.4 Å². The molecule has 1 aromatic heterocycles. The summed E-state index contributed by atoms with van der Waals surface area (Å²) in [6, 6.07) is 0. The van der Waals surface area contributed by atoms with Crippen LogP contribution in [0.15, 0.2) is 0 Å². The predicted molar refractivity (Wildman–Crippen MR) is 78.6 cm³/mol. The molecule has 1 fully saturated rings. The molecule has 1 aliphatic rings. The number of hydrogen-bond donors (Lipinski definition) is 3. The maximum Gasteiger partial charge on any atom is 0.273 e. The highest BCUT2D eigenvalue weighted by Gasteiger charge is 2.17. The van der Waals surface area contributed by atoms with E-state index in [9.17, 15) is 4.79 Å². The minimum atomic E-state index is -0.201. The molecule has 1 saturated heterocycles. The lowest BCUT2D eigenvalue weighted by atomic mass is 10.2. The van der Waals surface area contributed by atoms with Crippen molar-refractivity contribution in [3.8, 4) is 0 Å². The van der Waals surface area contributed by atoms with Crippen LogP contribution in [0.25, 0.3) is 0 Å². The summed E-state index contributed by atoms with van der Waals surface area (Å²) in [6.07, 6.45) is 0.743. The van der Waals surface area contributed by atoms with Gasteiger partial charge >= 0.3 is 0 Å². The van der Waals surface area contributed by atoms with E-state index in [1.54, 1.807) is 0 Å². The molecule has 0 atom stereocenters. The van der Waals surface area contributed by atoms with Crippen molar-refractivity contribution in [1.29, 1.82) is 0 Å². The normalized spacial score (nSPS) is 17.3. The maximum atomic E-state index is 12.0. The first-order chi connectivity index (χ1) is 9.61. The van der Waals surface area contributed by atoms with Crippen LogP contribution in [-0.4, -0.2) is 72.2 Å². The van der Waals surface area contributed by atoms with E-state index in [1.807, 2.05) is 6.92 Å². The van der Waals surface area contributed by atoms with Crippen molar-refractivity contribution in [1.82, 2.24) is 25.3 Å². The minimum absolute atomic E-state index is 0.201. The summed E-state index contributed by atoms with van der Waals surface area (Å²) in [7, 11) is 2.13. The van der Waals surface area contributed by atoms with Crippen molar-refractivity contribution in [3.05, 3.63) is 11.4 Å². The fourth-order valence-corrected chi connectivity index (χ4v) is 2.31.